The third-order valence-corrected chi connectivity index (χ3v) is 6.92. The molecule has 2 fully saturated rings. The van der Waals surface area contributed by atoms with Crippen molar-refractivity contribution in [3.63, 3.8) is 0 Å². The minimum absolute atomic E-state index is 0.0203. The lowest BCUT2D eigenvalue weighted by atomic mass is 9.98. The van der Waals surface area contributed by atoms with E-state index >= 15 is 0 Å². The molecule has 8 heteroatoms. The quantitative estimate of drug-likeness (QED) is 0.568. The molecule has 1 unspecified atom stereocenters. The molecule has 2 saturated heterocycles. The van der Waals surface area contributed by atoms with Crippen LogP contribution in [0, 0.1) is 0 Å². The van der Waals surface area contributed by atoms with E-state index in [0.29, 0.717) is 19.5 Å². The van der Waals surface area contributed by atoms with E-state index in [2.05, 4.69) is 5.32 Å². The van der Waals surface area contributed by atoms with Gasteiger partial charge in [-0.3, -0.25) is 9.59 Å². The number of nitrogens with one attached hydrogen (secondary N) is 1. The number of urea groups is 1. The second-order valence-electron chi connectivity index (χ2n) is 9.50. The highest BCUT2D eigenvalue weighted by Gasteiger charge is 2.50. The third kappa shape index (κ3) is 5.34. The predicted molar refractivity (Wildman–Crippen MR) is 140 cm³/mol. The van der Waals surface area contributed by atoms with Crippen molar-refractivity contribution in [1.29, 1.82) is 0 Å². The number of rotatable bonds is 6. The highest BCUT2D eigenvalue weighted by atomic mass is 16.2. The zero-order valence-corrected chi connectivity index (χ0v) is 20.9. The summed E-state index contributed by atoms with van der Waals surface area (Å²) in [5.41, 5.74) is 2.95. The van der Waals surface area contributed by atoms with Crippen LogP contribution in [-0.2, 0) is 29.1 Å². The van der Waals surface area contributed by atoms with Gasteiger partial charge in [0.25, 0.3) is 0 Å². The average molecular weight is 498 g/mol. The molecule has 4 amide bonds. The van der Waals surface area contributed by atoms with E-state index in [0.717, 1.165) is 16.7 Å². The third-order valence-electron chi connectivity index (χ3n) is 6.92. The number of carbonyl (C=O) groups is 3. The molecule has 0 aliphatic carbocycles. The van der Waals surface area contributed by atoms with Crippen molar-refractivity contribution in [1.82, 2.24) is 25.1 Å². The van der Waals surface area contributed by atoms with E-state index in [-0.39, 0.29) is 30.9 Å². The highest BCUT2D eigenvalue weighted by molar-refractivity contribution is 5.91. The lowest BCUT2D eigenvalue weighted by Crippen LogP contribution is -2.76. The highest BCUT2D eigenvalue weighted by Crippen LogP contribution is 2.28. The van der Waals surface area contributed by atoms with Crippen LogP contribution in [-0.4, -0.2) is 70.0 Å². The van der Waals surface area contributed by atoms with Crippen LogP contribution in [0.3, 0.4) is 0 Å². The van der Waals surface area contributed by atoms with Gasteiger partial charge in [-0.15, -0.1) is 0 Å². The molecule has 2 heterocycles. The van der Waals surface area contributed by atoms with Gasteiger partial charge < -0.3 is 15.1 Å². The van der Waals surface area contributed by atoms with E-state index in [4.69, 9.17) is 0 Å². The van der Waals surface area contributed by atoms with Gasteiger partial charge in [0.1, 0.15) is 12.2 Å². The molecule has 0 bridgehead atoms. The minimum atomic E-state index is -0.699. The molecule has 0 spiro atoms. The Kier molecular flexibility index (Phi) is 7.18. The largest absolute Gasteiger partial charge is 0.334 e. The number of nitrogens with zero attached hydrogens (tertiary/aromatic N) is 4. The Labute approximate surface area is 217 Å². The minimum Gasteiger partial charge on any atom is -0.333 e. The topological polar surface area (TPSA) is 76.2 Å². The summed E-state index contributed by atoms with van der Waals surface area (Å²) in [5.74, 6) is -0.264. The van der Waals surface area contributed by atoms with Gasteiger partial charge >= 0.3 is 6.03 Å². The summed E-state index contributed by atoms with van der Waals surface area (Å²) in [6.45, 7) is 1.03. The molecule has 2 atom stereocenters. The van der Waals surface area contributed by atoms with E-state index in [1.165, 1.54) is 0 Å². The van der Waals surface area contributed by atoms with Gasteiger partial charge in [-0.1, -0.05) is 91.0 Å². The molecule has 2 aliphatic rings. The molecule has 2 aliphatic heterocycles. The van der Waals surface area contributed by atoms with Crippen LogP contribution in [0.5, 0.6) is 0 Å². The predicted octanol–water partition coefficient (Wildman–Crippen LogP) is 2.87. The lowest BCUT2D eigenvalue weighted by molar-refractivity contribution is -0.187. The molecular formula is C29H31N5O3. The first-order valence-corrected chi connectivity index (χ1v) is 12.5. The second kappa shape index (κ2) is 10.8. The molecule has 0 radical (unpaired) electrons. The van der Waals surface area contributed by atoms with Gasteiger partial charge in [-0.25, -0.2) is 14.8 Å². The van der Waals surface area contributed by atoms with Crippen LogP contribution < -0.4 is 5.32 Å². The number of fused-ring (bicyclic) bond motifs is 1. The number of likely N-dealkylation sites (N-methyl/N-ethyl adjacent to an activating group) is 1. The number of piperazine rings is 1. The van der Waals surface area contributed by atoms with Crippen LogP contribution in [0.2, 0.25) is 0 Å². The molecule has 1 N–H and O–H groups in total. The molecule has 0 saturated carbocycles. The molecular weight excluding hydrogens is 466 g/mol. The van der Waals surface area contributed by atoms with Gasteiger partial charge in [-0.05, 0) is 16.7 Å². The Morgan fingerprint density at radius 2 is 1.41 bits per heavy atom. The van der Waals surface area contributed by atoms with Gasteiger partial charge in [-0.2, -0.15) is 0 Å². The summed E-state index contributed by atoms with van der Waals surface area (Å²) in [7, 11) is 1.74. The first-order valence-electron chi connectivity index (χ1n) is 12.5. The molecule has 5 rings (SSSR count). The molecule has 0 aromatic heterocycles. The normalized spacial score (nSPS) is 20.1. The average Bonchev–Trinajstić information content (AvgIpc) is 2.91. The smallest absolute Gasteiger partial charge is 0.333 e. The zero-order valence-electron chi connectivity index (χ0n) is 20.9. The Morgan fingerprint density at radius 1 is 0.838 bits per heavy atom. The lowest BCUT2D eigenvalue weighted by Gasteiger charge is -2.54. The first kappa shape index (κ1) is 24.5. The number of hydrazine groups is 1. The Hall–Kier alpha value is -4.17. The number of amides is 4. The fraction of sp³-hybridized carbons (Fsp3) is 0.276. The second-order valence-corrected chi connectivity index (χ2v) is 9.50. The van der Waals surface area contributed by atoms with Gasteiger partial charge in [0.15, 0.2) is 0 Å². The summed E-state index contributed by atoms with van der Waals surface area (Å²) >= 11 is 0. The van der Waals surface area contributed by atoms with Crippen molar-refractivity contribution in [2.45, 2.75) is 31.7 Å². The van der Waals surface area contributed by atoms with Crippen molar-refractivity contribution in [2.24, 2.45) is 0 Å². The number of hydrogen-bond acceptors (Lipinski definition) is 4. The van der Waals surface area contributed by atoms with Crippen LogP contribution in [0.25, 0.3) is 0 Å². The van der Waals surface area contributed by atoms with Crippen LogP contribution >= 0.6 is 0 Å². The molecule has 8 nitrogen and oxygen atoms in total. The van der Waals surface area contributed by atoms with E-state index in [1.54, 1.807) is 26.9 Å². The molecule has 3 aromatic rings. The molecule has 3 aromatic carbocycles. The van der Waals surface area contributed by atoms with Crippen molar-refractivity contribution in [3.8, 4) is 0 Å². The first-order chi connectivity index (χ1) is 18.0. The summed E-state index contributed by atoms with van der Waals surface area (Å²) in [6, 6.07) is 28.2. The summed E-state index contributed by atoms with van der Waals surface area (Å²) in [6.07, 6.45) is -0.228. The fourth-order valence-electron chi connectivity index (χ4n) is 5.14. The summed E-state index contributed by atoms with van der Waals surface area (Å²) < 4.78 is 0. The monoisotopic (exact) mass is 497 g/mol. The van der Waals surface area contributed by atoms with Crippen molar-refractivity contribution >= 4 is 17.8 Å². The zero-order chi connectivity index (χ0) is 25.8. The molecule has 37 heavy (non-hydrogen) atoms. The van der Waals surface area contributed by atoms with Crippen LogP contribution in [0.4, 0.5) is 4.79 Å². The number of benzene rings is 3. The standard InChI is InChI=1S/C29H31N5O3/c1-31-21-27(35)33-25(17-22-11-5-2-6-12-22)28(36)32(19-24-15-9-4-10-16-24)20-26(33)34(31)29(37)30-18-23-13-7-3-8-14-23/h2-16,25-26H,17-21H2,1H3,(H,30,37)/t25-,26?/m0/s1. The molecule has 190 valence electrons. The fourth-order valence-corrected chi connectivity index (χ4v) is 5.14. The number of carbonyl (C=O) groups excluding carboxylic acids is 3. The van der Waals surface area contributed by atoms with Gasteiger partial charge in [0, 0.05) is 26.6 Å². The van der Waals surface area contributed by atoms with Crippen LogP contribution in [0.15, 0.2) is 91.0 Å². The maximum absolute atomic E-state index is 13.8. The number of hydrogen-bond donors (Lipinski definition) is 1. The Morgan fingerprint density at radius 3 is 2.03 bits per heavy atom. The van der Waals surface area contributed by atoms with Crippen molar-refractivity contribution in [2.75, 3.05) is 20.1 Å². The van der Waals surface area contributed by atoms with Crippen LogP contribution in [0.1, 0.15) is 16.7 Å². The van der Waals surface area contributed by atoms with E-state index in [9.17, 15) is 14.4 Å². The Balaban J connectivity index is 1.45. The maximum Gasteiger partial charge on any atom is 0.334 e. The van der Waals surface area contributed by atoms with Crippen molar-refractivity contribution < 1.29 is 14.4 Å². The maximum atomic E-state index is 13.8. The van der Waals surface area contributed by atoms with Crippen molar-refractivity contribution in [3.05, 3.63) is 108 Å². The SMILES string of the molecule is CN1CC(=O)N2C(CN(Cc3ccccc3)C(=O)[C@@H]2Cc2ccccc2)N1C(=O)NCc1ccccc1. The van der Waals surface area contributed by atoms with Gasteiger partial charge in [0.2, 0.25) is 11.8 Å². The van der Waals surface area contributed by atoms with E-state index in [1.807, 2.05) is 91.0 Å². The summed E-state index contributed by atoms with van der Waals surface area (Å²) in [4.78, 5) is 44.0. The van der Waals surface area contributed by atoms with E-state index < -0.39 is 12.2 Å². The van der Waals surface area contributed by atoms with Gasteiger partial charge in [0.05, 0.1) is 13.1 Å². The summed E-state index contributed by atoms with van der Waals surface area (Å²) in [5, 5.41) is 6.23. The Bertz CT molecular complexity index is 1240.